The van der Waals surface area contributed by atoms with Gasteiger partial charge in [0.1, 0.15) is 5.56 Å². The van der Waals surface area contributed by atoms with Crippen molar-refractivity contribution in [3.8, 4) is 5.88 Å². The quantitative estimate of drug-likeness (QED) is 0.895. The molecule has 2 rings (SSSR count). The normalized spacial score (nSPS) is 15.8. The number of pyridine rings is 1. The number of carbonyl (C=O) groups is 2. The fourth-order valence-corrected chi connectivity index (χ4v) is 2.64. The molecule has 0 atom stereocenters. The number of rotatable bonds is 5. The highest BCUT2D eigenvalue weighted by atomic mass is 16.5. The molecule has 1 aliphatic rings. The van der Waals surface area contributed by atoms with Gasteiger partial charge in [0.2, 0.25) is 5.88 Å². The number of carbonyl (C=O) groups excluding carboxylic acids is 1. The third-order valence-electron chi connectivity index (χ3n) is 3.86. The summed E-state index contributed by atoms with van der Waals surface area (Å²) in [6, 6.07) is 3.43. The topological polar surface area (TPSA) is 79.7 Å². The summed E-state index contributed by atoms with van der Waals surface area (Å²) in [7, 11) is 1.50. The molecule has 114 valence electrons. The van der Waals surface area contributed by atoms with Gasteiger partial charge in [0, 0.05) is 25.7 Å². The smallest absolute Gasteiger partial charge is 0.303 e. The number of aliphatic carboxylic acids is 1. The average molecular weight is 292 g/mol. The Bertz CT molecular complexity index is 510. The minimum absolute atomic E-state index is 0.0726. The van der Waals surface area contributed by atoms with Gasteiger partial charge in [-0.3, -0.25) is 9.59 Å². The number of carboxylic acids is 1. The first-order chi connectivity index (χ1) is 10.1. The van der Waals surface area contributed by atoms with E-state index in [-0.39, 0.29) is 12.3 Å². The molecule has 0 unspecified atom stereocenters. The Morgan fingerprint density at radius 2 is 2.14 bits per heavy atom. The van der Waals surface area contributed by atoms with Crippen molar-refractivity contribution in [3.05, 3.63) is 23.9 Å². The van der Waals surface area contributed by atoms with Crippen LogP contribution in [0, 0.1) is 5.92 Å². The Labute approximate surface area is 123 Å². The number of nitrogens with zero attached hydrogens (tertiary/aromatic N) is 2. The van der Waals surface area contributed by atoms with Gasteiger partial charge in [-0.25, -0.2) is 4.98 Å². The van der Waals surface area contributed by atoms with Crippen LogP contribution in [0.1, 0.15) is 36.0 Å². The van der Waals surface area contributed by atoms with E-state index in [0.717, 1.165) is 12.8 Å². The summed E-state index contributed by atoms with van der Waals surface area (Å²) in [5.74, 6) is -0.0957. The summed E-state index contributed by atoms with van der Waals surface area (Å²) in [5.41, 5.74) is 0.476. The first kappa shape index (κ1) is 15.3. The minimum Gasteiger partial charge on any atom is -0.481 e. The van der Waals surface area contributed by atoms with Crippen molar-refractivity contribution < 1.29 is 19.4 Å². The van der Waals surface area contributed by atoms with Crippen molar-refractivity contribution in [3.63, 3.8) is 0 Å². The summed E-state index contributed by atoms with van der Waals surface area (Å²) in [6.45, 7) is 1.31. The summed E-state index contributed by atoms with van der Waals surface area (Å²) >= 11 is 0. The molecule has 21 heavy (non-hydrogen) atoms. The SMILES string of the molecule is COc1ncccc1C(=O)N1CCC(CCC(=O)O)CC1. The highest BCUT2D eigenvalue weighted by molar-refractivity contribution is 5.96. The van der Waals surface area contributed by atoms with Gasteiger partial charge in [-0.1, -0.05) is 0 Å². The van der Waals surface area contributed by atoms with E-state index in [2.05, 4.69) is 4.98 Å². The van der Waals surface area contributed by atoms with Crippen LogP contribution in [0.5, 0.6) is 5.88 Å². The predicted octanol–water partition coefficient (Wildman–Crippen LogP) is 1.81. The second-order valence-electron chi connectivity index (χ2n) is 5.23. The number of aromatic nitrogens is 1. The van der Waals surface area contributed by atoms with E-state index in [1.165, 1.54) is 7.11 Å². The van der Waals surface area contributed by atoms with Gasteiger partial charge in [-0.05, 0) is 37.3 Å². The zero-order valence-electron chi connectivity index (χ0n) is 12.1. The van der Waals surface area contributed by atoms with Gasteiger partial charge in [-0.2, -0.15) is 0 Å². The number of likely N-dealkylation sites (tertiary alicyclic amines) is 1. The summed E-state index contributed by atoms with van der Waals surface area (Å²) < 4.78 is 5.12. The molecule has 2 heterocycles. The summed E-state index contributed by atoms with van der Waals surface area (Å²) in [6.07, 6.45) is 4.18. The number of amides is 1. The monoisotopic (exact) mass is 292 g/mol. The molecular weight excluding hydrogens is 272 g/mol. The van der Waals surface area contributed by atoms with E-state index in [4.69, 9.17) is 9.84 Å². The molecule has 0 aromatic carbocycles. The van der Waals surface area contributed by atoms with E-state index < -0.39 is 5.97 Å². The van der Waals surface area contributed by atoms with Gasteiger partial charge in [0.05, 0.1) is 7.11 Å². The van der Waals surface area contributed by atoms with Crippen molar-refractivity contribution >= 4 is 11.9 Å². The molecule has 1 fully saturated rings. The predicted molar refractivity (Wildman–Crippen MR) is 76.3 cm³/mol. The molecular formula is C15H20N2O4. The lowest BCUT2D eigenvalue weighted by Gasteiger charge is -2.32. The van der Waals surface area contributed by atoms with Crippen molar-refractivity contribution in [1.82, 2.24) is 9.88 Å². The third-order valence-corrected chi connectivity index (χ3v) is 3.86. The van der Waals surface area contributed by atoms with Crippen molar-refractivity contribution in [2.45, 2.75) is 25.7 Å². The highest BCUT2D eigenvalue weighted by Gasteiger charge is 2.25. The molecule has 6 heteroatoms. The van der Waals surface area contributed by atoms with Gasteiger partial charge >= 0.3 is 5.97 Å². The van der Waals surface area contributed by atoms with Crippen LogP contribution in [0.3, 0.4) is 0 Å². The molecule has 1 aliphatic heterocycles. The lowest BCUT2D eigenvalue weighted by atomic mass is 9.92. The number of hydrogen-bond donors (Lipinski definition) is 1. The number of ether oxygens (including phenoxy) is 1. The van der Waals surface area contributed by atoms with Crippen molar-refractivity contribution in [2.24, 2.45) is 5.92 Å². The molecule has 1 amide bonds. The van der Waals surface area contributed by atoms with Crippen LogP contribution in [-0.2, 0) is 4.79 Å². The van der Waals surface area contributed by atoms with E-state index in [1.807, 2.05) is 0 Å². The lowest BCUT2D eigenvalue weighted by molar-refractivity contribution is -0.137. The Morgan fingerprint density at radius 1 is 1.43 bits per heavy atom. The lowest BCUT2D eigenvalue weighted by Crippen LogP contribution is -2.38. The van der Waals surface area contributed by atoms with E-state index >= 15 is 0 Å². The Kier molecular flexibility index (Phi) is 5.14. The van der Waals surface area contributed by atoms with E-state index in [0.29, 0.717) is 36.9 Å². The first-order valence-corrected chi connectivity index (χ1v) is 7.12. The Hall–Kier alpha value is -2.11. The van der Waals surface area contributed by atoms with Crippen molar-refractivity contribution in [2.75, 3.05) is 20.2 Å². The largest absolute Gasteiger partial charge is 0.481 e. The number of hydrogen-bond acceptors (Lipinski definition) is 4. The summed E-state index contributed by atoms with van der Waals surface area (Å²) in [4.78, 5) is 28.9. The molecule has 1 aromatic heterocycles. The van der Waals surface area contributed by atoms with Crippen LogP contribution in [0.25, 0.3) is 0 Å². The average Bonchev–Trinajstić information content (AvgIpc) is 2.52. The molecule has 1 saturated heterocycles. The molecule has 6 nitrogen and oxygen atoms in total. The second-order valence-corrected chi connectivity index (χ2v) is 5.23. The highest BCUT2D eigenvalue weighted by Crippen LogP contribution is 2.24. The van der Waals surface area contributed by atoms with Crippen molar-refractivity contribution in [1.29, 1.82) is 0 Å². The minimum atomic E-state index is -0.756. The number of piperidine rings is 1. The molecule has 0 radical (unpaired) electrons. The number of carboxylic acid groups (broad SMARTS) is 1. The molecule has 1 aromatic rings. The molecule has 0 aliphatic carbocycles. The number of methoxy groups -OCH3 is 1. The first-order valence-electron chi connectivity index (χ1n) is 7.12. The van der Waals surface area contributed by atoms with E-state index in [9.17, 15) is 9.59 Å². The maximum absolute atomic E-state index is 12.5. The standard InChI is InChI=1S/C15H20N2O4/c1-21-14-12(3-2-8-16-14)15(20)17-9-6-11(7-10-17)4-5-13(18)19/h2-3,8,11H,4-7,9-10H2,1H3,(H,18,19). The maximum Gasteiger partial charge on any atom is 0.303 e. The molecule has 0 saturated carbocycles. The molecule has 0 spiro atoms. The van der Waals surface area contributed by atoms with Crippen LogP contribution in [0.4, 0.5) is 0 Å². The Balaban J connectivity index is 1.92. The zero-order valence-corrected chi connectivity index (χ0v) is 12.1. The van der Waals surface area contributed by atoms with Gasteiger partial charge in [0.15, 0.2) is 0 Å². The zero-order chi connectivity index (χ0) is 15.2. The molecule has 0 bridgehead atoms. The van der Waals surface area contributed by atoms with Gasteiger partial charge < -0.3 is 14.7 Å². The van der Waals surface area contributed by atoms with Crippen LogP contribution in [0.15, 0.2) is 18.3 Å². The fourth-order valence-electron chi connectivity index (χ4n) is 2.64. The van der Waals surface area contributed by atoms with E-state index in [1.54, 1.807) is 23.2 Å². The maximum atomic E-state index is 12.5. The second kappa shape index (κ2) is 7.06. The fraction of sp³-hybridized carbons (Fsp3) is 0.533. The molecule has 1 N–H and O–H groups in total. The van der Waals surface area contributed by atoms with Crippen LogP contribution in [-0.4, -0.2) is 47.1 Å². The van der Waals surface area contributed by atoms with Crippen LogP contribution < -0.4 is 4.74 Å². The van der Waals surface area contributed by atoms with Gasteiger partial charge in [-0.15, -0.1) is 0 Å². The van der Waals surface area contributed by atoms with Crippen LogP contribution in [0.2, 0.25) is 0 Å². The Morgan fingerprint density at radius 3 is 2.76 bits per heavy atom. The van der Waals surface area contributed by atoms with Crippen LogP contribution >= 0.6 is 0 Å². The third kappa shape index (κ3) is 3.93. The van der Waals surface area contributed by atoms with Gasteiger partial charge in [0.25, 0.3) is 5.91 Å². The summed E-state index contributed by atoms with van der Waals surface area (Å²) in [5, 5.41) is 8.71.